The van der Waals surface area contributed by atoms with Gasteiger partial charge in [0, 0.05) is 23.2 Å². The second-order valence-corrected chi connectivity index (χ2v) is 5.40. The quantitative estimate of drug-likeness (QED) is 0.679. The van der Waals surface area contributed by atoms with E-state index in [-0.39, 0.29) is 15.8 Å². The molecule has 0 aliphatic carbocycles. The Morgan fingerprint density at radius 1 is 1.20 bits per heavy atom. The molecule has 3 rings (SSSR count). The van der Waals surface area contributed by atoms with Crippen molar-refractivity contribution in [2.24, 2.45) is 0 Å². The van der Waals surface area contributed by atoms with Gasteiger partial charge in [-0.2, -0.15) is 0 Å². The second-order valence-electron chi connectivity index (χ2n) is 4.61. The molecule has 2 aromatic rings. The molecule has 0 unspecified atom stereocenters. The van der Waals surface area contributed by atoms with Gasteiger partial charge in [-0.3, -0.25) is 4.79 Å². The summed E-state index contributed by atoms with van der Waals surface area (Å²) < 4.78 is 5.42. The molecule has 102 valence electrons. The van der Waals surface area contributed by atoms with Gasteiger partial charge in [-0.25, -0.2) is 0 Å². The number of hydrogen-bond acceptors (Lipinski definition) is 3. The summed E-state index contributed by atoms with van der Waals surface area (Å²) in [5.41, 5.74) is 8.03. The number of nitrogen functional groups attached to an aromatic ring is 1. The van der Waals surface area contributed by atoms with Crippen LogP contribution in [0.4, 0.5) is 5.69 Å². The molecule has 1 aliphatic heterocycles. The maximum atomic E-state index is 12.5. The van der Waals surface area contributed by atoms with Crippen molar-refractivity contribution in [3.8, 4) is 5.75 Å². The first-order chi connectivity index (χ1) is 9.56. The molecule has 0 spiro atoms. The number of ketones is 1. The molecule has 0 amide bonds. The van der Waals surface area contributed by atoms with Crippen LogP contribution in [0, 0.1) is 0 Å². The van der Waals surface area contributed by atoms with Crippen LogP contribution in [0.3, 0.4) is 0 Å². The number of halogens is 2. The van der Waals surface area contributed by atoms with E-state index in [1.807, 2.05) is 6.07 Å². The van der Waals surface area contributed by atoms with Crippen molar-refractivity contribution < 1.29 is 9.53 Å². The summed E-state index contributed by atoms with van der Waals surface area (Å²) in [6, 6.07) is 8.42. The highest BCUT2D eigenvalue weighted by Crippen LogP contribution is 2.32. The second kappa shape index (κ2) is 5.00. The number of hydrogen-bond donors (Lipinski definition) is 1. The lowest BCUT2D eigenvalue weighted by molar-refractivity contribution is 0.103. The van der Waals surface area contributed by atoms with Crippen LogP contribution in [0.15, 0.2) is 30.3 Å². The topological polar surface area (TPSA) is 52.3 Å². The maximum Gasteiger partial charge on any atom is 0.194 e. The van der Waals surface area contributed by atoms with Crippen molar-refractivity contribution in [1.82, 2.24) is 0 Å². The number of anilines is 1. The number of fused-ring (bicyclic) bond motifs is 1. The largest absolute Gasteiger partial charge is 0.493 e. The zero-order valence-corrected chi connectivity index (χ0v) is 12.0. The Morgan fingerprint density at radius 2 is 2.00 bits per heavy atom. The first-order valence-electron chi connectivity index (χ1n) is 6.11. The maximum absolute atomic E-state index is 12.5. The summed E-state index contributed by atoms with van der Waals surface area (Å²) in [5.74, 6) is 0.636. The van der Waals surface area contributed by atoms with E-state index in [0.717, 1.165) is 17.7 Å². The third-order valence-electron chi connectivity index (χ3n) is 3.25. The van der Waals surface area contributed by atoms with Gasteiger partial charge in [0.15, 0.2) is 5.78 Å². The predicted octanol–water partition coefficient (Wildman–Crippen LogP) is 3.74. The van der Waals surface area contributed by atoms with E-state index >= 15 is 0 Å². The summed E-state index contributed by atoms with van der Waals surface area (Å²) >= 11 is 12.1. The lowest BCUT2D eigenvalue weighted by atomic mass is 10.00. The summed E-state index contributed by atoms with van der Waals surface area (Å²) in [6.07, 6.45) is 0.807. The monoisotopic (exact) mass is 307 g/mol. The van der Waals surface area contributed by atoms with E-state index in [4.69, 9.17) is 33.7 Å². The van der Waals surface area contributed by atoms with Crippen LogP contribution in [0.1, 0.15) is 21.5 Å². The van der Waals surface area contributed by atoms with Gasteiger partial charge in [-0.05, 0) is 35.9 Å². The average molecular weight is 308 g/mol. The summed E-state index contributed by atoms with van der Waals surface area (Å²) in [7, 11) is 0. The van der Waals surface area contributed by atoms with Crippen molar-refractivity contribution in [2.75, 3.05) is 12.3 Å². The van der Waals surface area contributed by atoms with E-state index in [9.17, 15) is 4.79 Å². The number of ether oxygens (including phenoxy) is 1. The molecule has 0 fully saturated rings. The number of carbonyl (C=O) groups excluding carboxylic acids is 1. The number of benzene rings is 2. The Morgan fingerprint density at radius 3 is 2.80 bits per heavy atom. The minimum atomic E-state index is -0.195. The average Bonchev–Trinajstić information content (AvgIpc) is 2.89. The number of nitrogens with two attached hydrogens (primary N) is 1. The van der Waals surface area contributed by atoms with Gasteiger partial charge in [-0.1, -0.05) is 23.2 Å². The predicted molar refractivity (Wildman–Crippen MR) is 79.9 cm³/mol. The Hall–Kier alpha value is -1.71. The van der Waals surface area contributed by atoms with Gasteiger partial charge in [0.1, 0.15) is 5.75 Å². The van der Waals surface area contributed by atoms with Crippen LogP contribution < -0.4 is 10.5 Å². The Kier molecular flexibility index (Phi) is 3.32. The fraction of sp³-hybridized carbons (Fsp3) is 0.133. The molecule has 1 heterocycles. The SMILES string of the molecule is Nc1cc(Cl)c(Cl)c(C(=O)c2ccc3c(c2)CCO3)c1. The minimum absolute atomic E-state index is 0.195. The molecular weight excluding hydrogens is 297 g/mol. The van der Waals surface area contributed by atoms with E-state index in [1.165, 1.54) is 6.07 Å². The van der Waals surface area contributed by atoms with E-state index in [2.05, 4.69) is 0 Å². The van der Waals surface area contributed by atoms with Crippen LogP contribution >= 0.6 is 23.2 Å². The smallest absolute Gasteiger partial charge is 0.194 e. The van der Waals surface area contributed by atoms with Gasteiger partial charge in [0.25, 0.3) is 0 Å². The van der Waals surface area contributed by atoms with Crippen LogP contribution in [0.25, 0.3) is 0 Å². The highest BCUT2D eigenvalue weighted by atomic mass is 35.5. The Balaban J connectivity index is 2.05. The Labute approximate surface area is 126 Å². The normalized spacial score (nSPS) is 12.9. The van der Waals surface area contributed by atoms with E-state index < -0.39 is 0 Å². The molecule has 3 nitrogen and oxygen atoms in total. The van der Waals surface area contributed by atoms with Crippen LogP contribution in [0.5, 0.6) is 5.75 Å². The van der Waals surface area contributed by atoms with Crippen LogP contribution in [-0.2, 0) is 6.42 Å². The van der Waals surface area contributed by atoms with Crippen LogP contribution in [0.2, 0.25) is 10.0 Å². The third-order valence-corrected chi connectivity index (χ3v) is 4.05. The summed E-state index contributed by atoms with van der Waals surface area (Å²) in [6.45, 7) is 0.651. The summed E-state index contributed by atoms with van der Waals surface area (Å²) in [4.78, 5) is 12.5. The van der Waals surface area contributed by atoms with Crippen molar-refractivity contribution in [1.29, 1.82) is 0 Å². The first-order valence-corrected chi connectivity index (χ1v) is 6.87. The van der Waals surface area contributed by atoms with Gasteiger partial charge < -0.3 is 10.5 Å². The van der Waals surface area contributed by atoms with Gasteiger partial charge in [-0.15, -0.1) is 0 Å². The highest BCUT2D eigenvalue weighted by Gasteiger charge is 2.19. The van der Waals surface area contributed by atoms with Crippen molar-refractivity contribution >= 4 is 34.7 Å². The molecule has 0 atom stereocenters. The highest BCUT2D eigenvalue weighted by molar-refractivity contribution is 6.44. The standard InChI is InChI=1S/C15H11Cl2NO2/c16-12-7-10(18)6-11(14(12)17)15(19)9-1-2-13-8(5-9)3-4-20-13/h1-2,5-7H,3-4,18H2. The third kappa shape index (κ3) is 2.23. The molecule has 0 saturated heterocycles. The van der Waals surface area contributed by atoms with Crippen molar-refractivity contribution in [3.05, 3.63) is 57.1 Å². The lowest BCUT2D eigenvalue weighted by Crippen LogP contribution is -2.04. The zero-order chi connectivity index (χ0) is 14.3. The molecule has 1 aliphatic rings. The molecule has 0 radical (unpaired) electrons. The molecule has 20 heavy (non-hydrogen) atoms. The van der Waals surface area contributed by atoms with Crippen LogP contribution in [-0.4, -0.2) is 12.4 Å². The van der Waals surface area contributed by atoms with E-state index in [0.29, 0.717) is 23.4 Å². The molecule has 2 N–H and O–H groups in total. The Bertz CT molecular complexity index is 713. The molecular formula is C15H11Cl2NO2. The summed E-state index contributed by atoms with van der Waals surface area (Å²) in [5, 5.41) is 0.502. The molecule has 0 bridgehead atoms. The molecule has 0 saturated carbocycles. The number of carbonyl (C=O) groups is 1. The molecule has 2 aromatic carbocycles. The molecule has 5 heteroatoms. The fourth-order valence-corrected chi connectivity index (χ4v) is 2.68. The minimum Gasteiger partial charge on any atom is -0.493 e. The number of rotatable bonds is 2. The van der Waals surface area contributed by atoms with Crippen molar-refractivity contribution in [3.63, 3.8) is 0 Å². The zero-order valence-electron chi connectivity index (χ0n) is 10.5. The fourth-order valence-electron chi connectivity index (χ4n) is 2.26. The lowest BCUT2D eigenvalue weighted by Gasteiger charge is -2.08. The van der Waals surface area contributed by atoms with Gasteiger partial charge in [0.05, 0.1) is 16.7 Å². The van der Waals surface area contributed by atoms with E-state index in [1.54, 1.807) is 18.2 Å². The molecule has 0 aromatic heterocycles. The van der Waals surface area contributed by atoms with Crippen molar-refractivity contribution in [2.45, 2.75) is 6.42 Å². The first kappa shape index (κ1) is 13.3. The van der Waals surface area contributed by atoms with Gasteiger partial charge >= 0.3 is 0 Å². The van der Waals surface area contributed by atoms with Gasteiger partial charge in [0.2, 0.25) is 0 Å².